The van der Waals surface area contributed by atoms with E-state index in [2.05, 4.69) is 10.6 Å². The average molecular weight is 114 g/mol. The maximum absolute atomic E-state index is 10.2. The topological polar surface area (TPSA) is 58.2 Å². The summed E-state index contributed by atoms with van der Waals surface area (Å²) in [5.41, 5.74) is 0. The maximum atomic E-state index is 10.2. The normalized spacial score (nSPS) is 26.5. The van der Waals surface area contributed by atoms with Gasteiger partial charge in [-0.2, -0.15) is 0 Å². The molecule has 2 N–H and O–H groups in total. The van der Waals surface area contributed by atoms with Gasteiger partial charge in [0.25, 0.3) is 0 Å². The molecular formula is C4H6N2O2. The summed E-state index contributed by atoms with van der Waals surface area (Å²) in [6.07, 6.45) is 0.706. The van der Waals surface area contributed by atoms with Crippen molar-refractivity contribution in [1.82, 2.24) is 10.6 Å². The second-order valence-electron chi connectivity index (χ2n) is 1.60. The van der Waals surface area contributed by atoms with Crippen molar-refractivity contribution < 1.29 is 9.59 Å². The number of hydrogen-bond acceptors (Lipinski definition) is 2. The van der Waals surface area contributed by atoms with Crippen LogP contribution in [0.1, 0.15) is 0 Å². The van der Waals surface area contributed by atoms with E-state index in [1.165, 1.54) is 0 Å². The van der Waals surface area contributed by atoms with Crippen molar-refractivity contribution >= 4 is 12.3 Å². The van der Waals surface area contributed by atoms with Crippen LogP contribution in [0.25, 0.3) is 0 Å². The molecule has 1 aliphatic heterocycles. The van der Waals surface area contributed by atoms with Gasteiger partial charge in [-0.05, 0) is 0 Å². The number of hydrogen-bond donors (Lipinski definition) is 2. The third kappa shape index (κ3) is 0.776. The van der Waals surface area contributed by atoms with Crippen LogP contribution in [0.5, 0.6) is 0 Å². The van der Waals surface area contributed by atoms with Gasteiger partial charge >= 0.3 is 6.03 Å². The van der Waals surface area contributed by atoms with E-state index >= 15 is 0 Å². The van der Waals surface area contributed by atoms with Gasteiger partial charge in [-0.25, -0.2) is 4.79 Å². The van der Waals surface area contributed by atoms with Gasteiger partial charge in [0.2, 0.25) is 0 Å². The van der Waals surface area contributed by atoms with E-state index < -0.39 is 0 Å². The lowest BCUT2D eigenvalue weighted by atomic mass is 10.4. The van der Waals surface area contributed by atoms with Gasteiger partial charge < -0.3 is 15.4 Å². The zero-order valence-electron chi connectivity index (χ0n) is 4.18. The molecular weight excluding hydrogens is 108 g/mol. The van der Waals surface area contributed by atoms with E-state index in [9.17, 15) is 9.59 Å². The summed E-state index contributed by atoms with van der Waals surface area (Å²) >= 11 is 0. The Morgan fingerprint density at radius 3 is 2.75 bits per heavy atom. The molecule has 0 radical (unpaired) electrons. The molecule has 1 heterocycles. The van der Waals surface area contributed by atoms with Crippen molar-refractivity contribution in [2.45, 2.75) is 6.04 Å². The molecule has 0 aromatic heterocycles. The Labute approximate surface area is 46.3 Å². The molecule has 0 aliphatic carbocycles. The molecule has 4 heteroatoms. The summed E-state index contributed by atoms with van der Waals surface area (Å²) in [5.74, 6) is 0. The van der Waals surface area contributed by atoms with Gasteiger partial charge in [-0.3, -0.25) is 0 Å². The average Bonchev–Trinajstić information content (AvgIpc) is 2.14. The van der Waals surface area contributed by atoms with E-state index in [0.717, 1.165) is 0 Å². The van der Waals surface area contributed by atoms with Gasteiger partial charge in [0.1, 0.15) is 12.3 Å². The third-order valence-corrected chi connectivity index (χ3v) is 0.963. The Hall–Kier alpha value is -1.06. The quantitative estimate of drug-likeness (QED) is 0.423. The zero-order valence-corrected chi connectivity index (χ0v) is 4.18. The van der Waals surface area contributed by atoms with Crippen molar-refractivity contribution in [3.05, 3.63) is 0 Å². The number of aldehydes is 1. The molecule has 0 aromatic carbocycles. The molecule has 0 spiro atoms. The van der Waals surface area contributed by atoms with Crippen molar-refractivity contribution in [3.63, 3.8) is 0 Å². The van der Waals surface area contributed by atoms with Crippen molar-refractivity contribution in [2.24, 2.45) is 0 Å². The Morgan fingerprint density at radius 1 is 1.75 bits per heavy atom. The van der Waals surface area contributed by atoms with Crippen LogP contribution in [-0.2, 0) is 4.79 Å². The van der Waals surface area contributed by atoms with Crippen LogP contribution in [0.2, 0.25) is 0 Å². The fourth-order valence-electron chi connectivity index (χ4n) is 0.555. The van der Waals surface area contributed by atoms with E-state index in [4.69, 9.17) is 0 Å². The fraction of sp³-hybridized carbons (Fsp3) is 0.500. The Bertz CT molecular complexity index is 123. The summed E-state index contributed by atoms with van der Waals surface area (Å²) < 4.78 is 0. The van der Waals surface area contributed by atoms with Gasteiger partial charge in [0.05, 0.1) is 0 Å². The van der Waals surface area contributed by atoms with E-state index in [-0.39, 0.29) is 12.1 Å². The first-order valence-corrected chi connectivity index (χ1v) is 2.32. The van der Waals surface area contributed by atoms with Gasteiger partial charge in [0.15, 0.2) is 0 Å². The predicted octanol–water partition coefficient (Wildman–Crippen LogP) is -1.13. The summed E-state index contributed by atoms with van der Waals surface area (Å²) in [5, 5.41) is 4.82. The highest BCUT2D eigenvalue weighted by atomic mass is 16.2. The number of rotatable bonds is 1. The number of nitrogens with one attached hydrogen (secondary N) is 2. The monoisotopic (exact) mass is 114 g/mol. The molecule has 0 aromatic rings. The minimum atomic E-state index is -0.317. The molecule has 0 bridgehead atoms. The van der Waals surface area contributed by atoms with Crippen LogP contribution in [0.3, 0.4) is 0 Å². The van der Waals surface area contributed by atoms with Crippen LogP contribution < -0.4 is 10.6 Å². The van der Waals surface area contributed by atoms with Gasteiger partial charge in [0, 0.05) is 6.54 Å². The summed E-state index contributed by atoms with van der Waals surface area (Å²) in [7, 11) is 0. The molecule has 2 amide bonds. The van der Waals surface area contributed by atoms with Crippen LogP contribution in [0, 0.1) is 0 Å². The molecule has 4 nitrogen and oxygen atoms in total. The lowest BCUT2D eigenvalue weighted by Gasteiger charge is -1.91. The fourth-order valence-corrected chi connectivity index (χ4v) is 0.555. The summed E-state index contributed by atoms with van der Waals surface area (Å²) in [6, 6.07) is -0.579. The van der Waals surface area contributed by atoms with E-state index in [1.807, 2.05) is 0 Å². The number of amides is 2. The minimum Gasteiger partial charge on any atom is -0.336 e. The number of urea groups is 1. The van der Waals surface area contributed by atoms with Crippen LogP contribution in [0.15, 0.2) is 0 Å². The standard InChI is InChI=1S/C4H6N2O2/c7-2-3-1-5-4(8)6-3/h2-3H,1H2,(H2,5,6,8). The highest BCUT2D eigenvalue weighted by molar-refractivity contribution is 5.81. The lowest BCUT2D eigenvalue weighted by molar-refractivity contribution is -0.108. The second-order valence-corrected chi connectivity index (χ2v) is 1.60. The van der Waals surface area contributed by atoms with Crippen molar-refractivity contribution in [1.29, 1.82) is 0 Å². The van der Waals surface area contributed by atoms with Crippen molar-refractivity contribution in [2.75, 3.05) is 6.54 Å². The first-order chi connectivity index (χ1) is 3.83. The van der Waals surface area contributed by atoms with Crippen LogP contribution >= 0.6 is 0 Å². The molecule has 1 atom stereocenters. The minimum absolute atomic E-state index is 0.262. The summed E-state index contributed by atoms with van der Waals surface area (Å²) in [6.45, 7) is 0.419. The maximum Gasteiger partial charge on any atom is 0.315 e. The Kier molecular flexibility index (Phi) is 1.15. The molecule has 1 fully saturated rings. The van der Waals surface area contributed by atoms with Crippen molar-refractivity contribution in [3.8, 4) is 0 Å². The predicted molar refractivity (Wildman–Crippen MR) is 26.4 cm³/mol. The molecule has 1 unspecified atom stereocenters. The van der Waals surface area contributed by atoms with Crippen LogP contribution in [0.4, 0.5) is 4.79 Å². The first kappa shape index (κ1) is 5.08. The highest BCUT2D eigenvalue weighted by Crippen LogP contribution is 1.83. The second kappa shape index (κ2) is 1.81. The molecule has 1 aliphatic rings. The highest BCUT2D eigenvalue weighted by Gasteiger charge is 2.17. The van der Waals surface area contributed by atoms with Crippen LogP contribution in [-0.4, -0.2) is 24.9 Å². The summed E-state index contributed by atoms with van der Waals surface area (Å²) in [4.78, 5) is 20.1. The SMILES string of the molecule is O=CC1CNC(=O)N1. The molecule has 44 valence electrons. The smallest absolute Gasteiger partial charge is 0.315 e. The van der Waals surface area contributed by atoms with E-state index in [0.29, 0.717) is 12.8 Å². The first-order valence-electron chi connectivity index (χ1n) is 2.32. The third-order valence-electron chi connectivity index (χ3n) is 0.963. The number of carbonyl (C=O) groups is 2. The molecule has 1 saturated heterocycles. The largest absolute Gasteiger partial charge is 0.336 e. The van der Waals surface area contributed by atoms with Gasteiger partial charge in [-0.1, -0.05) is 0 Å². The molecule has 1 rings (SSSR count). The lowest BCUT2D eigenvalue weighted by Crippen LogP contribution is -2.27. The number of carbonyl (C=O) groups excluding carboxylic acids is 2. The Morgan fingerprint density at radius 2 is 2.50 bits per heavy atom. The molecule has 0 saturated carbocycles. The zero-order chi connectivity index (χ0) is 5.98. The Balaban J connectivity index is 2.43. The molecule has 8 heavy (non-hydrogen) atoms. The van der Waals surface area contributed by atoms with E-state index in [1.54, 1.807) is 0 Å². The van der Waals surface area contributed by atoms with Gasteiger partial charge in [-0.15, -0.1) is 0 Å².